The molecule has 0 aliphatic rings. The smallest absolute Gasteiger partial charge is 0.422 e. The highest BCUT2D eigenvalue weighted by Gasteiger charge is 2.28. The zero-order chi connectivity index (χ0) is 21.5. The van der Waals surface area contributed by atoms with E-state index >= 15 is 0 Å². The molecule has 0 aliphatic carbocycles. The summed E-state index contributed by atoms with van der Waals surface area (Å²) in [7, 11) is 1.62. The van der Waals surface area contributed by atoms with Gasteiger partial charge >= 0.3 is 6.18 Å². The Morgan fingerprint density at radius 1 is 1.20 bits per heavy atom. The number of para-hydroxylation sites is 1. The summed E-state index contributed by atoms with van der Waals surface area (Å²) in [6.45, 7) is -1.39. The van der Waals surface area contributed by atoms with Crippen molar-refractivity contribution >= 4 is 43.5 Å². The molecule has 1 N–H and O–H groups in total. The van der Waals surface area contributed by atoms with E-state index in [0.29, 0.717) is 21.1 Å². The maximum Gasteiger partial charge on any atom is 0.422 e. The number of thiazole rings is 1. The van der Waals surface area contributed by atoms with Gasteiger partial charge in [0.1, 0.15) is 5.75 Å². The number of rotatable bonds is 4. The number of hydrogen-bond acceptors (Lipinski definition) is 5. The second-order valence-electron chi connectivity index (χ2n) is 6.48. The summed E-state index contributed by atoms with van der Waals surface area (Å²) in [5.74, 6) is -0.449. The van der Waals surface area contributed by atoms with Crippen molar-refractivity contribution < 1.29 is 22.7 Å². The number of ether oxygens (including phenoxy) is 1. The Hall–Kier alpha value is -3.40. The van der Waals surface area contributed by atoms with Crippen molar-refractivity contribution in [3.8, 4) is 5.75 Å². The molecule has 0 fully saturated rings. The number of anilines is 1. The number of nitrogens with zero attached hydrogens (tertiary/aromatic N) is 2. The molecule has 1 amide bonds. The topological polar surface area (TPSA) is 73.2 Å². The lowest BCUT2D eigenvalue weighted by Gasteiger charge is -2.09. The monoisotopic (exact) mass is 433 g/mol. The number of carbonyl (C=O) groups excluding carboxylic acids is 1. The maximum atomic E-state index is 12.8. The third-order valence-electron chi connectivity index (χ3n) is 4.38. The minimum absolute atomic E-state index is 0.0545. The van der Waals surface area contributed by atoms with Crippen molar-refractivity contribution in [3.63, 3.8) is 0 Å². The fraction of sp³-hybridized carbons (Fsp3) is 0.150. The number of pyridine rings is 1. The quantitative estimate of drug-likeness (QED) is 0.520. The number of halogens is 3. The molecule has 10 heteroatoms. The van der Waals surface area contributed by atoms with Crippen LogP contribution in [0.3, 0.4) is 0 Å². The molecule has 2 aromatic heterocycles. The zero-order valence-corrected chi connectivity index (χ0v) is 16.3. The van der Waals surface area contributed by atoms with Crippen LogP contribution >= 0.6 is 11.3 Å². The van der Waals surface area contributed by atoms with Crippen LogP contribution in [-0.4, -0.2) is 28.2 Å². The van der Waals surface area contributed by atoms with Gasteiger partial charge in [-0.1, -0.05) is 29.5 Å². The molecule has 2 aromatic carbocycles. The summed E-state index contributed by atoms with van der Waals surface area (Å²) in [6.07, 6.45) is -4.43. The summed E-state index contributed by atoms with van der Waals surface area (Å²) < 4.78 is 43.7. The predicted molar refractivity (Wildman–Crippen MR) is 108 cm³/mol. The van der Waals surface area contributed by atoms with E-state index in [1.807, 2.05) is 0 Å². The molecule has 6 nitrogen and oxygen atoms in total. The Labute approximate surface area is 171 Å². The third kappa shape index (κ3) is 3.99. The average molecular weight is 433 g/mol. The molecule has 0 radical (unpaired) electrons. The summed E-state index contributed by atoms with van der Waals surface area (Å²) in [5.41, 5.74) is 1.01. The van der Waals surface area contributed by atoms with Gasteiger partial charge in [-0.2, -0.15) is 13.2 Å². The number of benzene rings is 2. The number of aryl methyl sites for hydroxylation is 1. The van der Waals surface area contributed by atoms with Gasteiger partial charge in [0.15, 0.2) is 11.7 Å². The van der Waals surface area contributed by atoms with Crippen LogP contribution in [0.4, 0.5) is 18.3 Å². The van der Waals surface area contributed by atoms with E-state index in [9.17, 15) is 22.8 Å². The van der Waals surface area contributed by atoms with Gasteiger partial charge in [0.2, 0.25) is 0 Å². The maximum absolute atomic E-state index is 12.8. The molecule has 0 unspecified atom stereocenters. The first-order chi connectivity index (χ1) is 14.2. The second-order valence-corrected chi connectivity index (χ2v) is 7.51. The molecule has 30 heavy (non-hydrogen) atoms. The lowest BCUT2D eigenvalue weighted by molar-refractivity contribution is -0.153. The standard InChI is InChI=1S/C20H14F3N3O3S/c1-26-15-5-3-2-4-12(15)13(9-17(26)27)18(28)25-19-24-14-7-6-11(8-16(14)30-19)29-10-20(21,22)23/h2-9H,10H2,1H3,(H,24,25,28). The molecular formula is C20H14F3N3O3S. The van der Waals surface area contributed by atoms with Gasteiger partial charge in [0.05, 0.1) is 21.3 Å². The zero-order valence-electron chi connectivity index (χ0n) is 15.5. The van der Waals surface area contributed by atoms with E-state index < -0.39 is 18.7 Å². The van der Waals surface area contributed by atoms with E-state index in [1.165, 1.54) is 28.8 Å². The highest BCUT2D eigenvalue weighted by Crippen LogP contribution is 2.30. The summed E-state index contributed by atoms with van der Waals surface area (Å²) in [4.78, 5) is 29.3. The minimum atomic E-state index is -4.43. The molecule has 4 aromatic rings. The van der Waals surface area contributed by atoms with E-state index in [-0.39, 0.29) is 22.0 Å². The Kier molecular flexibility index (Phi) is 4.94. The van der Waals surface area contributed by atoms with Gasteiger partial charge in [0.25, 0.3) is 11.5 Å². The Bertz CT molecular complexity index is 1330. The Balaban J connectivity index is 1.62. The minimum Gasteiger partial charge on any atom is -0.484 e. The van der Waals surface area contributed by atoms with Crippen molar-refractivity contribution in [2.45, 2.75) is 6.18 Å². The molecule has 154 valence electrons. The molecule has 0 saturated heterocycles. The number of carbonyl (C=O) groups is 1. The molecule has 4 rings (SSSR count). The van der Waals surface area contributed by atoms with Crippen LogP contribution in [0.2, 0.25) is 0 Å². The molecule has 0 spiro atoms. The molecule has 0 saturated carbocycles. The highest BCUT2D eigenvalue weighted by molar-refractivity contribution is 7.22. The Morgan fingerprint density at radius 2 is 1.97 bits per heavy atom. The number of hydrogen-bond donors (Lipinski definition) is 1. The molecular weight excluding hydrogens is 419 g/mol. The number of nitrogens with one attached hydrogen (secondary N) is 1. The first-order valence-corrected chi connectivity index (χ1v) is 9.53. The SMILES string of the molecule is Cn1c(=O)cc(C(=O)Nc2nc3ccc(OCC(F)(F)F)cc3s2)c2ccccc21. The van der Waals surface area contributed by atoms with Gasteiger partial charge < -0.3 is 9.30 Å². The molecule has 0 bridgehead atoms. The number of aromatic nitrogens is 2. The van der Waals surface area contributed by atoms with Crippen molar-refractivity contribution in [2.24, 2.45) is 7.05 Å². The van der Waals surface area contributed by atoms with Gasteiger partial charge in [0, 0.05) is 18.5 Å². The number of fused-ring (bicyclic) bond motifs is 2. The lowest BCUT2D eigenvalue weighted by atomic mass is 10.1. The van der Waals surface area contributed by atoms with Gasteiger partial charge in [-0.25, -0.2) is 4.98 Å². The average Bonchev–Trinajstić information content (AvgIpc) is 3.10. The first kappa shape index (κ1) is 19.9. The van der Waals surface area contributed by atoms with Crippen LogP contribution in [0.1, 0.15) is 10.4 Å². The van der Waals surface area contributed by atoms with Crippen molar-refractivity contribution in [2.75, 3.05) is 11.9 Å². The predicted octanol–water partition coefficient (Wildman–Crippen LogP) is 4.34. The normalized spacial score (nSPS) is 11.7. The van der Waals surface area contributed by atoms with Crippen molar-refractivity contribution in [3.05, 3.63) is 64.4 Å². The van der Waals surface area contributed by atoms with Crippen LogP contribution in [0.25, 0.3) is 21.1 Å². The third-order valence-corrected chi connectivity index (χ3v) is 5.32. The highest BCUT2D eigenvalue weighted by atomic mass is 32.1. The van der Waals surface area contributed by atoms with E-state index in [0.717, 1.165) is 11.3 Å². The second kappa shape index (κ2) is 7.45. The summed E-state index contributed by atoms with van der Waals surface area (Å²) >= 11 is 1.09. The Morgan fingerprint density at radius 3 is 2.73 bits per heavy atom. The van der Waals surface area contributed by atoms with Crippen LogP contribution in [-0.2, 0) is 7.05 Å². The van der Waals surface area contributed by atoms with Gasteiger partial charge in [-0.15, -0.1) is 0 Å². The van der Waals surface area contributed by atoms with Crippen LogP contribution in [0, 0.1) is 0 Å². The van der Waals surface area contributed by atoms with E-state index in [2.05, 4.69) is 10.3 Å². The van der Waals surface area contributed by atoms with E-state index in [4.69, 9.17) is 4.74 Å². The van der Waals surface area contributed by atoms with Crippen LogP contribution in [0.5, 0.6) is 5.75 Å². The largest absolute Gasteiger partial charge is 0.484 e. The van der Waals surface area contributed by atoms with Crippen LogP contribution in [0.15, 0.2) is 53.3 Å². The van der Waals surface area contributed by atoms with Gasteiger partial charge in [-0.3, -0.25) is 14.9 Å². The summed E-state index contributed by atoms with van der Waals surface area (Å²) in [5, 5.41) is 3.53. The van der Waals surface area contributed by atoms with Gasteiger partial charge in [-0.05, 0) is 24.3 Å². The summed E-state index contributed by atoms with van der Waals surface area (Å²) in [6, 6.07) is 12.6. The van der Waals surface area contributed by atoms with E-state index in [1.54, 1.807) is 31.3 Å². The first-order valence-electron chi connectivity index (χ1n) is 8.71. The van der Waals surface area contributed by atoms with Crippen molar-refractivity contribution in [1.82, 2.24) is 9.55 Å². The number of amides is 1. The number of alkyl halides is 3. The van der Waals surface area contributed by atoms with Crippen LogP contribution < -0.4 is 15.6 Å². The fourth-order valence-corrected chi connectivity index (χ4v) is 3.87. The fourth-order valence-electron chi connectivity index (χ4n) is 2.98. The molecule has 0 atom stereocenters. The molecule has 2 heterocycles. The lowest BCUT2D eigenvalue weighted by Crippen LogP contribution is -2.21. The molecule has 0 aliphatic heterocycles. The van der Waals surface area contributed by atoms with Crippen molar-refractivity contribution in [1.29, 1.82) is 0 Å².